The van der Waals surface area contributed by atoms with E-state index in [2.05, 4.69) is 4.57 Å². The van der Waals surface area contributed by atoms with Crippen molar-refractivity contribution in [1.82, 2.24) is 14.4 Å². The normalized spacial score (nSPS) is 14.1. The predicted octanol–water partition coefficient (Wildman–Crippen LogP) is 2.81. The summed E-state index contributed by atoms with van der Waals surface area (Å²) >= 11 is 0. The Balaban J connectivity index is 1.61. The first-order chi connectivity index (χ1) is 14.9. The quantitative estimate of drug-likeness (QED) is 0.632. The van der Waals surface area contributed by atoms with Crippen LogP contribution in [0.3, 0.4) is 0 Å². The van der Waals surface area contributed by atoms with Crippen LogP contribution in [-0.2, 0) is 22.5 Å². The van der Waals surface area contributed by atoms with Crippen LogP contribution in [0.4, 0.5) is 0 Å². The van der Waals surface area contributed by atoms with E-state index >= 15 is 0 Å². The van der Waals surface area contributed by atoms with Crippen molar-refractivity contribution >= 4 is 17.8 Å². The number of aromatic nitrogens is 1. The highest BCUT2D eigenvalue weighted by molar-refractivity contribution is 5.93. The average molecular weight is 430 g/mol. The molecule has 2 aromatic rings. The first-order valence-corrected chi connectivity index (χ1v) is 10.8. The Bertz CT molecular complexity index is 937. The Morgan fingerprint density at radius 2 is 1.74 bits per heavy atom. The van der Waals surface area contributed by atoms with Gasteiger partial charge in [0.1, 0.15) is 0 Å². The maximum atomic E-state index is 12.8. The van der Waals surface area contributed by atoms with Crippen molar-refractivity contribution in [1.29, 1.82) is 0 Å². The molecule has 0 atom stereocenters. The van der Waals surface area contributed by atoms with Gasteiger partial charge in [-0.25, -0.2) is 4.79 Å². The molecule has 0 bridgehead atoms. The largest absolute Gasteiger partial charge is 0.462 e. The third kappa shape index (κ3) is 4.68. The number of furan rings is 1. The number of carbonyl (C=O) groups excluding carboxylic acids is 3. The smallest absolute Gasteiger partial charge is 0.340 e. The fourth-order valence-corrected chi connectivity index (χ4v) is 4.31. The number of rotatable bonds is 7. The monoisotopic (exact) mass is 429 g/mol. The highest BCUT2D eigenvalue weighted by Gasteiger charge is 2.27. The molecule has 2 amide bonds. The predicted molar refractivity (Wildman–Crippen MR) is 115 cm³/mol. The number of hydrogen-bond acceptors (Lipinski definition) is 5. The zero-order valence-corrected chi connectivity index (χ0v) is 18.8. The zero-order valence-electron chi connectivity index (χ0n) is 18.8. The Morgan fingerprint density at radius 1 is 1.06 bits per heavy atom. The molecular formula is C23H31N3O5. The fraction of sp³-hybridized carbons (Fsp3) is 0.522. The summed E-state index contributed by atoms with van der Waals surface area (Å²) in [5.74, 6) is -0.0721. The molecule has 168 valence electrons. The first kappa shape index (κ1) is 22.7. The van der Waals surface area contributed by atoms with Crippen molar-refractivity contribution < 1.29 is 23.5 Å². The molecule has 0 unspecified atom stereocenters. The van der Waals surface area contributed by atoms with Crippen molar-refractivity contribution in [3.63, 3.8) is 0 Å². The van der Waals surface area contributed by atoms with Gasteiger partial charge in [0.25, 0.3) is 5.91 Å². The molecule has 1 aliphatic heterocycles. The molecule has 0 aromatic carbocycles. The van der Waals surface area contributed by atoms with Crippen LogP contribution in [0.1, 0.15) is 58.1 Å². The van der Waals surface area contributed by atoms with Gasteiger partial charge in [0.15, 0.2) is 5.76 Å². The molecule has 1 saturated heterocycles. The fourth-order valence-electron chi connectivity index (χ4n) is 4.31. The molecule has 8 nitrogen and oxygen atoms in total. The molecule has 8 heteroatoms. The van der Waals surface area contributed by atoms with Crippen molar-refractivity contribution in [2.75, 3.05) is 32.8 Å². The van der Waals surface area contributed by atoms with Crippen molar-refractivity contribution in [2.24, 2.45) is 0 Å². The third-order valence-corrected chi connectivity index (χ3v) is 5.92. The molecule has 2 aromatic heterocycles. The van der Waals surface area contributed by atoms with E-state index in [0.717, 1.165) is 23.5 Å². The van der Waals surface area contributed by atoms with Gasteiger partial charge >= 0.3 is 5.97 Å². The van der Waals surface area contributed by atoms with Crippen LogP contribution >= 0.6 is 0 Å². The van der Waals surface area contributed by atoms with E-state index in [9.17, 15) is 14.4 Å². The number of carbonyl (C=O) groups is 3. The number of hydrogen-bond donors (Lipinski definition) is 0. The second-order valence-corrected chi connectivity index (χ2v) is 7.65. The maximum Gasteiger partial charge on any atom is 0.340 e. The summed E-state index contributed by atoms with van der Waals surface area (Å²) in [5, 5.41) is 0. The molecule has 0 N–H and O–H groups in total. The summed E-state index contributed by atoms with van der Waals surface area (Å²) in [6.07, 6.45) is 2.40. The van der Waals surface area contributed by atoms with Crippen LogP contribution in [0.5, 0.6) is 0 Å². The lowest BCUT2D eigenvalue weighted by atomic mass is 10.1. The SMILES string of the molecule is CCOC(=O)c1c(C)c(CCC(=O)N2CCN(C(=O)c3ccco3)CC2)n(CC)c1C. The van der Waals surface area contributed by atoms with Gasteiger partial charge in [0.05, 0.1) is 18.4 Å². The molecule has 0 radical (unpaired) electrons. The van der Waals surface area contributed by atoms with Gasteiger partial charge in [0.2, 0.25) is 5.91 Å². The Labute approximate surface area is 182 Å². The lowest BCUT2D eigenvalue weighted by Crippen LogP contribution is -2.50. The van der Waals surface area contributed by atoms with Crippen LogP contribution in [0, 0.1) is 13.8 Å². The molecule has 0 spiro atoms. The average Bonchev–Trinajstić information content (AvgIpc) is 3.38. The summed E-state index contributed by atoms with van der Waals surface area (Å²) < 4.78 is 12.5. The van der Waals surface area contributed by atoms with Gasteiger partial charge in [0, 0.05) is 50.5 Å². The molecule has 0 saturated carbocycles. The minimum atomic E-state index is -0.311. The van der Waals surface area contributed by atoms with E-state index in [1.807, 2.05) is 20.8 Å². The second kappa shape index (κ2) is 9.85. The van der Waals surface area contributed by atoms with Gasteiger partial charge in [-0.05, 0) is 51.8 Å². The second-order valence-electron chi connectivity index (χ2n) is 7.65. The van der Waals surface area contributed by atoms with Gasteiger partial charge in [-0.3, -0.25) is 9.59 Å². The topological polar surface area (TPSA) is 85.0 Å². The van der Waals surface area contributed by atoms with Crippen molar-refractivity contribution in [3.05, 3.63) is 46.7 Å². The Kier molecular flexibility index (Phi) is 7.20. The van der Waals surface area contributed by atoms with E-state index in [0.29, 0.717) is 57.0 Å². The van der Waals surface area contributed by atoms with Crippen LogP contribution in [0.15, 0.2) is 22.8 Å². The number of piperazine rings is 1. The summed E-state index contributed by atoms with van der Waals surface area (Å²) in [5.41, 5.74) is 3.38. The lowest BCUT2D eigenvalue weighted by molar-refractivity contribution is -0.132. The molecule has 1 aliphatic rings. The molecule has 3 rings (SSSR count). The summed E-state index contributed by atoms with van der Waals surface area (Å²) in [6, 6.07) is 3.34. The molecule has 31 heavy (non-hydrogen) atoms. The number of amides is 2. The standard InChI is InChI=1S/C23H31N3O5/c1-5-26-17(4)21(23(29)30-6-2)16(3)18(26)9-10-20(27)24-11-13-25(14-12-24)22(28)19-8-7-15-31-19/h7-8,15H,5-6,9-14H2,1-4H3. The van der Waals surface area contributed by atoms with Gasteiger partial charge in [-0.15, -0.1) is 0 Å². The maximum absolute atomic E-state index is 12.8. The van der Waals surface area contributed by atoms with Crippen LogP contribution in [-0.4, -0.2) is 64.9 Å². The minimum absolute atomic E-state index is 0.0590. The van der Waals surface area contributed by atoms with E-state index in [1.165, 1.54) is 6.26 Å². The van der Waals surface area contributed by atoms with E-state index < -0.39 is 0 Å². The lowest BCUT2D eigenvalue weighted by Gasteiger charge is -2.34. The Morgan fingerprint density at radius 3 is 2.32 bits per heavy atom. The molecule has 1 fully saturated rings. The minimum Gasteiger partial charge on any atom is -0.462 e. The summed E-state index contributed by atoms with van der Waals surface area (Å²) in [7, 11) is 0. The van der Waals surface area contributed by atoms with E-state index in [1.54, 1.807) is 28.9 Å². The molecule has 3 heterocycles. The first-order valence-electron chi connectivity index (χ1n) is 10.8. The number of ether oxygens (including phenoxy) is 1. The van der Waals surface area contributed by atoms with Crippen LogP contribution in [0.25, 0.3) is 0 Å². The van der Waals surface area contributed by atoms with Crippen molar-refractivity contribution in [3.8, 4) is 0 Å². The summed E-state index contributed by atoms with van der Waals surface area (Å²) in [4.78, 5) is 41.1. The highest BCUT2D eigenvalue weighted by atomic mass is 16.5. The third-order valence-electron chi connectivity index (χ3n) is 5.92. The number of nitrogens with zero attached hydrogens (tertiary/aromatic N) is 3. The molecule has 0 aliphatic carbocycles. The Hall–Kier alpha value is -3.03. The van der Waals surface area contributed by atoms with E-state index in [-0.39, 0.29) is 17.8 Å². The van der Waals surface area contributed by atoms with Crippen molar-refractivity contribution in [2.45, 2.75) is 47.1 Å². The highest BCUT2D eigenvalue weighted by Crippen LogP contribution is 2.25. The van der Waals surface area contributed by atoms with Crippen LogP contribution in [0.2, 0.25) is 0 Å². The van der Waals surface area contributed by atoms with Gasteiger partial charge < -0.3 is 23.5 Å². The number of esters is 1. The van der Waals surface area contributed by atoms with Gasteiger partial charge in [-0.2, -0.15) is 0 Å². The summed E-state index contributed by atoms with van der Waals surface area (Å²) in [6.45, 7) is 10.7. The van der Waals surface area contributed by atoms with Gasteiger partial charge in [-0.1, -0.05) is 0 Å². The zero-order chi connectivity index (χ0) is 22.5. The molecular weight excluding hydrogens is 398 g/mol. The van der Waals surface area contributed by atoms with Crippen LogP contribution < -0.4 is 0 Å². The van der Waals surface area contributed by atoms with E-state index in [4.69, 9.17) is 9.15 Å².